The molecule has 150 heavy (non-hydrogen) atoms. The first kappa shape index (κ1) is 87.8. The fraction of sp³-hybridized carbons (Fsp3) is 0. The summed E-state index contributed by atoms with van der Waals surface area (Å²) in [6, 6.07) is 211. The van der Waals surface area contributed by atoms with Crippen molar-refractivity contribution < 1.29 is 0 Å². The Labute approximate surface area is 868 Å². The van der Waals surface area contributed by atoms with Crippen LogP contribution >= 0.6 is 0 Å². The topological polar surface area (TPSA) is 29.6 Å². The van der Waals surface area contributed by atoms with Crippen LogP contribution in [0.2, 0.25) is 0 Å². The highest BCUT2D eigenvalue weighted by atomic mass is 15.0. The van der Waals surface area contributed by atoms with E-state index >= 15 is 0 Å². The Kier molecular flexibility index (Phi) is 21.9. The van der Waals surface area contributed by atoms with Crippen LogP contribution in [0.1, 0.15) is 0 Å². The van der Waals surface area contributed by atoms with Crippen LogP contribution in [-0.4, -0.2) is 27.4 Å². The predicted octanol–water partition coefficient (Wildman–Crippen LogP) is 38.6. The first-order valence-corrected chi connectivity index (χ1v) is 51.6. The molecule has 6 heteroatoms. The molecule has 0 saturated heterocycles. The van der Waals surface area contributed by atoms with Gasteiger partial charge in [-0.2, -0.15) is 0 Å². The fourth-order valence-corrected chi connectivity index (χ4v) is 23.5. The zero-order valence-corrected chi connectivity index (χ0v) is 82.1. The van der Waals surface area contributed by atoms with Gasteiger partial charge in [0.15, 0.2) is 0 Å². The molecule has 702 valence electrons. The van der Waals surface area contributed by atoms with Crippen LogP contribution in [0, 0.1) is 0 Å². The van der Waals surface area contributed by atoms with Gasteiger partial charge in [-0.15, -0.1) is 0 Å². The number of hydrogen-bond acceptors (Lipinski definition) is 0. The van der Waals surface area contributed by atoms with Crippen molar-refractivity contribution in [2.45, 2.75) is 0 Å². The zero-order valence-electron chi connectivity index (χ0n) is 82.1. The minimum atomic E-state index is 1.16. The second kappa shape index (κ2) is 37.4. The average molecular weight is 1910 g/mol. The van der Waals surface area contributed by atoms with Gasteiger partial charge in [0, 0.05) is 98.3 Å². The van der Waals surface area contributed by atoms with E-state index in [1.807, 2.05) is 0 Å². The predicted molar refractivity (Wildman–Crippen MR) is 634 cm³/mol. The molecule has 0 saturated carbocycles. The molecule has 0 atom stereocenters. The third-order valence-corrected chi connectivity index (χ3v) is 30.4. The second-order valence-electron chi connectivity index (χ2n) is 38.9. The Bertz CT molecular complexity index is 10200. The number of nitrogens with zero attached hydrogens (tertiary/aromatic N) is 6. The van der Waals surface area contributed by atoms with E-state index < -0.39 is 0 Å². The van der Waals surface area contributed by atoms with Crippen molar-refractivity contribution in [2.24, 2.45) is 0 Å². The van der Waals surface area contributed by atoms with Crippen LogP contribution in [-0.2, 0) is 0 Å². The Morgan fingerprint density at radius 3 is 0.527 bits per heavy atom. The lowest BCUT2D eigenvalue weighted by Crippen LogP contribution is -1.97. The Morgan fingerprint density at radius 2 is 0.260 bits per heavy atom. The van der Waals surface area contributed by atoms with Crippen molar-refractivity contribution in [3.63, 3.8) is 0 Å². The summed E-state index contributed by atoms with van der Waals surface area (Å²) in [7, 11) is 0. The molecule has 0 N–H and O–H groups in total. The van der Waals surface area contributed by atoms with Gasteiger partial charge in [-0.25, -0.2) is 0 Å². The minimum absolute atomic E-state index is 1.16. The second-order valence-corrected chi connectivity index (χ2v) is 38.9. The van der Waals surface area contributed by atoms with E-state index in [1.165, 1.54) is 254 Å². The summed E-state index contributed by atoms with van der Waals surface area (Å²) in [5.41, 5.74) is 43.4. The lowest BCUT2D eigenvalue weighted by atomic mass is 10.0. The molecule has 0 amide bonds. The number of aromatic nitrogens is 6. The summed E-state index contributed by atoms with van der Waals surface area (Å²) in [6.45, 7) is 0. The quantitative estimate of drug-likeness (QED) is 0.0979. The van der Waals surface area contributed by atoms with Crippen molar-refractivity contribution in [3.8, 4) is 134 Å². The molecule has 0 radical (unpaired) electrons. The van der Waals surface area contributed by atoms with Gasteiger partial charge in [0.2, 0.25) is 0 Å². The summed E-state index contributed by atoms with van der Waals surface area (Å²) in [4.78, 5) is 0. The zero-order chi connectivity index (χ0) is 99.1. The van der Waals surface area contributed by atoms with Crippen LogP contribution < -0.4 is 0 Å². The Morgan fingerprint density at radius 1 is 0.0867 bits per heavy atom. The monoisotopic (exact) mass is 1910 g/mol. The molecular formula is C144H96N6. The molecule has 0 unspecified atom stereocenters. The third kappa shape index (κ3) is 15.3. The van der Waals surface area contributed by atoms with E-state index in [0.29, 0.717) is 0 Å². The average Bonchev–Trinajstić information content (AvgIpc) is 1.57. The number of rotatable bonds is 15. The normalized spacial score (nSPS) is 11.6. The Hall–Kier alpha value is -19.9. The molecule has 24 aromatic carbocycles. The number of fused-ring (bicyclic) bond motifs is 18. The number of benzene rings is 24. The van der Waals surface area contributed by atoms with Gasteiger partial charge in [-0.3, -0.25) is 0 Å². The molecule has 6 heterocycles. The number of hydrogen-bond donors (Lipinski definition) is 0. The first-order valence-electron chi connectivity index (χ1n) is 51.6. The maximum Gasteiger partial charge on any atom is 0.0541 e. The summed E-state index contributed by atoms with van der Waals surface area (Å²) in [6.07, 6.45) is 0. The Balaban J connectivity index is 0.000000108. The highest BCUT2D eigenvalue weighted by Crippen LogP contribution is 2.48. The van der Waals surface area contributed by atoms with Gasteiger partial charge in [0.05, 0.1) is 88.9 Å². The summed E-state index contributed by atoms with van der Waals surface area (Å²) in [5, 5.41) is 15.0. The van der Waals surface area contributed by atoms with Gasteiger partial charge in [0.25, 0.3) is 0 Å². The smallest absolute Gasteiger partial charge is 0.0541 e. The molecular weight excluding hydrogens is 1810 g/mol. The van der Waals surface area contributed by atoms with Gasteiger partial charge in [0.1, 0.15) is 0 Å². The van der Waals surface area contributed by atoms with Crippen LogP contribution in [0.4, 0.5) is 0 Å². The molecule has 0 bridgehead atoms. The van der Waals surface area contributed by atoms with Gasteiger partial charge in [-0.05, 0) is 236 Å². The lowest BCUT2D eigenvalue weighted by molar-refractivity contribution is 1.18. The lowest BCUT2D eigenvalue weighted by Gasteiger charge is -2.14. The van der Waals surface area contributed by atoms with Crippen molar-refractivity contribution in [1.29, 1.82) is 0 Å². The van der Waals surface area contributed by atoms with Crippen molar-refractivity contribution in [1.82, 2.24) is 27.4 Å². The molecule has 30 aromatic rings. The largest absolute Gasteiger partial charge is 0.309 e. The highest BCUT2D eigenvalue weighted by molar-refractivity contribution is 6.18. The van der Waals surface area contributed by atoms with E-state index in [9.17, 15) is 0 Å². The standard InChI is InChI=1S/3C48H32N2/c1-3-15-33(16-4-1)37-19-7-11-23-43(37)49-45-25-13-9-21-39(45)41-31-35(27-29-47(41)49)36-28-30-48-42(32-36)40-22-10-14-26-46(40)50(48)44-24-12-8-20-38(44)34-17-5-2-6-18-34;1-3-14-33(15-4-1)35-18-13-19-38(30-35)49-45-24-11-8-21-40(45)42-31-36(26-28-47(42)49)37-27-29-48-43(32-37)41-22-9-12-25-46(41)50(48)44-23-10-7-20-39(44)34-16-5-2-6-17-34;1-3-13-33(14-4-1)34-23-27-38(28-24-34)49-45-21-11-8-18-40(45)42-31-36(25-29-47(42)49)37-26-30-48-43(32-37)41-19-9-12-22-46(41)50(48)44-20-10-7-17-39(44)35-15-5-2-6-16-35/h3*1-32H. The molecule has 0 spiro atoms. The van der Waals surface area contributed by atoms with Gasteiger partial charge < -0.3 is 27.4 Å². The van der Waals surface area contributed by atoms with E-state index in [-0.39, 0.29) is 0 Å². The molecule has 0 aliphatic heterocycles. The molecule has 0 aliphatic rings. The maximum absolute atomic E-state index is 2.43. The van der Waals surface area contributed by atoms with E-state index in [0.717, 1.165) is 11.4 Å². The molecule has 6 nitrogen and oxygen atoms in total. The van der Waals surface area contributed by atoms with Crippen molar-refractivity contribution in [2.75, 3.05) is 0 Å². The SMILES string of the molecule is c1ccc(-c2ccc(-n3c4ccccc4c4cc(-c5ccc6c(c5)c5ccccc5n6-c5ccccc5-c5ccccc5)ccc43)cc2)cc1.c1ccc(-c2cccc(-n3c4ccccc4c4cc(-c5ccc6c(c5)c5ccccc5n6-c5ccccc5-c5ccccc5)ccc43)c2)cc1.c1ccc(-c2ccccc2-n2c3ccccc3c3cc(-c4ccc5c(c4)c4ccccc4n5-c4ccccc4-c4ccccc4)ccc32)cc1. The van der Waals surface area contributed by atoms with Gasteiger partial charge in [-0.1, -0.05) is 425 Å². The molecule has 0 aliphatic carbocycles. The summed E-state index contributed by atoms with van der Waals surface area (Å²) < 4.78 is 14.5. The van der Waals surface area contributed by atoms with Crippen molar-refractivity contribution in [3.05, 3.63) is 582 Å². The summed E-state index contributed by atoms with van der Waals surface area (Å²) >= 11 is 0. The van der Waals surface area contributed by atoms with Gasteiger partial charge >= 0.3 is 0 Å². The maximum atomic E-state index is 2.43. The fourth-order valence-electron chi connectivity index (χ4n) is 23.5. The van der Waals surface area contributed by atoms with E-state index in [2.05, 4.69) is 610 Å². The molecule has 30 rings (SSSR count). The van der Waals surface area contributed by atoms with Crippen LogP contribution in [0.3, 0.4) is 0 Å². The first-order chi connectivity index (χ1) is 74.5. The summed E-state index contributed by atoms with van der Waals surface area (Å²) in [5.74, 6) is 0. The highest BCUT2D eigenvalue weighted by Gasteiger charge is 2.26. The van der Waals surface area contributed by atoms with Crippen LogP contribution in [0.5, 0.6) is 0 Å². The minimum Gasteiger partial charge on any atom is -0.309 e. The van der Waals surface area contributed by atoms with Crippen LogP contribution in [0.25, 0.3) is 265 Å². The van der Waals surface area contributed by atoms with Crippen molar-refractivity contribution >= 4 is 131 Å². The van der Waals surface area contributed by atoms with E-state index in [4.69, 9.17) is 0 Å². The van der Waals surface area contributed by atoms with E-state index in [1.54, 1.807) is 0 Å². The molecule has 0 fully saturated rings. The number of para-hydroxylation sites is 10. The third-order valence-electron chi connectivity index (χ3n) is 30.4. The van der Waals surface area contributed by atoms with Crippen LogP contribution in [0.15, 0.2) is 582 Å². The molecule has 6 aromatic heterocycles.